The van der Waals surface area contributed by atoms with Gasteiger partial charge in [-0.05, 0) is 49.4 Å². The van der Waals surface area contributed by atoms with Crippen molar-refractivity contribution in [1.29, 1.82) is 0 Å². The monoisotopic (exact) mass is 340 g/mol. The minimum atomic E-state index is -3.53. The van der Waals surface area contributed by atoms with E-state index in [9.17, 15) is 13.2 Å². The van der Waals surface area contributed by atoms with Gasteiger partial charge in [-0.15, -0.1) is 0 Å². The van der Waals surface area contributed by atoms with Crippen LogP contribution in [-0.2, 0) is 14.8 Å². The van der Waals surface area contributed by atoms with Crippen LogP contribution in [0.15, 0.2) is 23.1 Å². The molecule has 0 spiro atoms. The van der Waals surface area contributed by atoms with Crippen molar-refractivity contribution < 1.29 is 17.9 Å². The Labute approximate surface area is 137 Å². The molecule has 1 aromatic carbocycles. The number of hydrogen-bond acceptors (Lipinski definition) is 4. The van der Waals surface area contributed by atoms with Crippen molar-refractivity contribution in [3.05, 3.63) is 23.8 Å². The highest BCUT2D eigenvalue weighted by Gasteiger charge is 2.23. The number of nitrogens with zero attached hydrogens (tertiary/aromatic N) is 1. The quantitative estimate of drug-likeness (QED) is 0.882. The van der Waals surface area contributed by atoms with E-state index in [-0.39, 0.29) is 16.7 Å². The van der Waals surface area contributed by atoms with Crippen molar-refractivity contribution in [3.63, 3.8) is 0 Å². The van der Waals surface area contributed by atoms with E-state index < -0.39 is 10.0 Å². The number of aryl methyl sites for hydroxylation is 1. The Bertz CT molecular complexity index is 665. The van der Waals surface area contributed by atoms with Gasteiger partial charge in [0, 0.05) is 26.6 Å². The molecule has 7 heteroatoms. The number of carbonyl (C=O) groups excluding carboxylic acids is 1. The molecule has 1 aliphatic heterocycles. The first-order chi connectivity index (χ1) is 10.8. The van der Waals surface area contributed by atoms with E-state index in [2.05, 4.69) is 4.72 Å². The highest BCUT2D eigenvalue weighted by Crippen LogP contribution is 2.22. The van der Waals surface area contributed by atoms with Crippen LogP contribution in [0.3, 0.4) is 0 Å². The van der Waals surface area contributed by atoms with Crippen LogP contribution >= 0.6 is 0 Å². The second-order valence-corrected chi connectivity index (χ2v) is 7.67. The fourth-order valence-electron chi connectivity index (χ4n) is 2.81. The number of benzene rings is 1. The van der Waals surface area contributed by atoms with Crippen LogP contribution in [0.25, 0.3) is 0 Å². The summed E-state index contributed by atoms with van der Waals surface area (Å²) in [5.41, 5.74) is 0.656. The molecule has 1 heterocycles. The van der Waals surface area contributed by atoms with Crippen LogP contribution in [-0.4, -0.2) is 46.0 Å². The molecule has 1 fully saturated rings. The maximum atomic E-state index is 12.5. The molecule has 0 aromatic heterocycles. The van der Waals surface area contributed by atoms with Crippen LogP contribution in [0.1, 0.15) is 25.3 Å². The van der Waals surface area contributed by atoms with Crippen molar-refractivity contribution in [2.75, 3.05) is 26.7 Å². The summed E-state index contributed by atoms with van der Waals surface area (Å²) >= 11 is 0. The molecule has 6 nitrogen and oxygen atoms in total. The molecule has 0 unspecified atom stereocenters. The maximum Gasteiger partial charge on any atom is 0.240 e. The van der Waals surface area contributed by atoms with Gasteiger partial charge in [0.2, 0.25) is 15.9 Å². The summed E-state index contributed by atoms with van der Waals surface area (Å²) in [6, 6.07) is 4.92. The lowest BCUT2D eigenvalue weighted by atomic mass is 9.97. The highest BCUT2D eigenvalue weighted by atomic mass is 32.2. The molecular formula is C16H24N2O4S. The SMILES string of the molecule is COc1ccc(S(=O)(=O)NCC2CCN(C(C)=O)CC2)c(C)c1. The van der Waals surface area contributed by atoms with Gasteiger partial charge in [-0.25, -0.2) is 13.1 Å². The molecule has 1 aromatic rings. The molecule has 1 N–H and O–H groups in total. The Hall–Kier alpha value is -1.60. The van der Waals surface area contributed by atoms with Crippen molar-refractivity contribution >= 4 is 15.9 Å². The summed E-state index contributed by atoms with van der Waals surface area (Å²) in [4.78, 5) is 13.4. The molecule has 23 heavy (non-hydrogen) atoms. The normalized spacial score (nSPS) is 16.4. The smallest absolute Gasteiger partial charge is 0.240 e. The summed E-state index contributed by atoms with van der Waals surface area (Å²) in [7, 11) is -1.98. The molecule has 0 bridgehead atoms. The minimum Gasteiger partial charge on any atom is -0.497 e. The zero-order valence-corrected chi connectivity index (χ0v) is 14.6. The zero-order valence-electron chi connectivity index (χ0n) is 13.8. The van der Waals surface area contributed by atoms with Gasteiger partial charge >= 0.3 is 0 Å². The third-order valence-electron chi connectivity index (χ3n) is 4.29. The molecule has 0 saturated carbocycles. The number of rotatable bonds is 5. The number of methoxy groups -OCH3 is 1. The molecule has 2 rings (SSSR count). The highest BCUT2D eigenvalue weighted by molar-refractivity contribution is 7.89. The van der Waals surface area contributed by atoms with Gasteiger partial charge in [-0.1, -0.05) is 0 Å². The zero-order chi connectivity index (χ0) is 17.0. The van der Waals surface area contributed by atoms with Gasteiger partial charge in [0.1, 0.15) is 5.75 Å². The first kappa shape index (κ1) is 17.7. The number of amides is 1. The fourth-order valence-corrected chi connectivity index (χ4v) is 4.15. The first-order valence-corrected chi connectivity index (χ1v) is 9.21. The van der Waals surface area contributed by atoms with E-state index in [1.807, 2.05) is 0 Å². The summed E-state index contributed by atoms with van der Waals surface area (Å²) in [5.74, 6) is 0.981. The van der Waals surface area contributed by atoms with E-state index in [0.29, 0.717) is 30.9 Å². The van der Waals surface area contributed by atoms with Gasteiger partial charge in [0.25, 0.3) is 0 Å². The van der Waals surface area contributed by atoms with E-state index in [0.717, 1.165) is 12.8 Å². The Morgan fingerprint density at radius 2 is 2.00 bits per heavy atom. The first-order valence-electron chi connectivity index (χ1n) is 7.73. The third-order valence-corrected chi connectivity index (χ3v) is 5.88. The number of hydrogen-bond donors (Lipinski definition) is 1. The molecule has 1 aliphatic rings. The molecule has 1 amide bonds. The number of ether oxygens (including phenoxy) is 1. The number of piperidine rings is 1. The van der Waals surface area contributed by atoms with Crippen molar-refractivity contribution in [2.45, 2.75) is 31.6 Å². The predicted molar refractivity (Wildman–Crippen MR) is 87.9 cm³/mol. The van der Waals surface area contributed by atoms with Crippen LogP contribution in [0.4, 0.5) is 0 Å². The average molecular weight is 340 g/mol. The van der Waals surface area contributed by atoms with E-state index in [1.54, 1.807) is 44.1 Å². The number of nitrogens with one attached hydrogen (secondary N) is 1. The Morgan fingerprint density at radius 3 is 2.52 bits per heavy atom. The lowest BCUT2D eigenvalue weighted by molar-refractivity contribution is -0.130. The number of carbonyl (C=O) groups is 1. The summed E-state index contributed by atoms with van der Waals surface area (Å²) in [6.45, 7) is 5.12. The lowest BCUT2D eigenvalue weighted by Crippen LogP contribution is -2.40. The second-order valence-electron chi connectivity index (χ2n) is 5.93. The average Bonchev–Trinajstić information content (AvgIpc) is 2.53. The summed E-state index contributed by atoms with van der Waals surface area (Å²) < 4.78 is 32.7. The maximum absolute atomic E-state index is 12.5. The van der Waals surface area contributed by atoms with E-state index in [1.165, 1.54) is 0 Å². The van der Waals surface area contributed by atoms with Crippen molar-refractivity contribution in [2.24, 2.45) is 5.92 Å². The van der Waals surface area contributed by atoms with Gasteiger partial charge in [0.05, 0.1) is 12.0 Å². The Morgan fingerprint density at radius 1 is 1.35 bits per heavy atom. The Balaban J connectivity index is 1.96. The van der Waals surface area contributed by atoms with Crippen LogP contribution in [0.2, 0.25) is 0 Å². The van der Waals surface area contributed by atoms with Gasteiger partial charge in [-0.3, -0.25) is 4.79 Å². The topological polar surface area (TPSA) is 75.7 Å². The van der Waals surface area contributed by atoms with Gasteiger partial charge < -0.3 is 9.64 Å². The standard InChI is InChI=1S/C16H24N2O4S/c1-12-10-15(22-3)4-5-16(12)23(20,21)17-11-14-6-8-18(9-7-14)13(2)19/h4-5,10,14,17H,6-9,11H2,1-3H3. The number of sulfonamides is 1. The summed E-state index contributed by atoms with van der Waals surface area (Å²) in [6.07, 6.45) is 1.65. The lowest BCUT2D eigenvalue weighted by Gasteiger charge is -2.31. The van der Waals surface area contributed by atoms with E-state index in [4.69, 9.17) is 4.74 Å². The minimum absolute atomic E-state index is 0.0814. The molecule has 0 aliphatic carbocycles. The van der Waals surface area contributed by atoms with Crippen LogP contribution < -0.4 is 9.46 Å². The van der Waals surface area contributed by atoms with E-state index >= 15 is 0 Å². The van der Waals surface area contributed by atoms with Crippen molar-refractivity contribution in [3.8, 4) is 5.75 Å². The Kier molecular flexibility index (Phi) is 5.64. The molecule has 1 saturated heterocycles. The fraction of sp³-hybridized carbons (Fsp3) is 0.562. The predicted octanol–water partition coefficient (Wildman–Crippen LogP) is 1.54. The van der Waals surface area contributed by atoms with Crippen LogP contribution in [0.5, 0.6) is 5.75 Å². The van der Waals surface area contributed by atoms with Gasteiger partial charge in [-0.2, -0.15) is 0 Å². The largest absolute Gasteiger partial charge is 0.497 e. The van der Waals surface area contributed by atoms with Crippen molar-refractivity contribution in [1.82, 2.24) is 9.62 Å². The summed E-state index contributed by atoms with van der Waals surface area (Å²) in [5, 5.41) is 0. The van der Waals surface area contributed by atoms with Gasteiger partial charge in [0.15, 0.2) is 0 Å². The molecule has 0 atom stereocenters. The molecular weight excluding hydrogens is 316 g/mol. The second kappa shape index (κ2) is 7.31. The molecule has 128 valence electrons. The molecule has 0 radical (unpaired) electrons. The number of likely N-dealkylation sites (tertiary alicyclic amines) is 1. The third kappa shape index (κ3) is 4.45. The van der Waals surface area contributed by atoms with Crippen LogP contribution in [0, 0.1) is 12.8 Å².